The van der Waals surface area contributed by atoms with Crippen molar-refractivity contribution in [2.45, 2.75) is 445 Å². The lowest BCUT2D eigenvalue weighted by Crippen LogP contribution is -2.30. The molecule has 0 saturated heterocycles. The number of hydrogen-bond acceptors (Lipinski definition) is 15. The molecule has 0 aromatic heterocycles. The number of esters is 4. The molecule has 0 amide bonds. The molecule has 0 saturated carbocycles. The third kappa shape index (κ3) is 73.0. The van der Waals surface area contributed by atoms with Crippen molar-refractivity contribution in [3.05, 3.63) is 0 Å². The highest BCUT2D eigenvalue weighted by molar-refractivity contribution is 7.47. The lowest BCUT2D eigenvalue weighted by atomic mass is 9.99. The van der Waals surface area contributed by atoms with Crippen molar-refractivity contribution in [1.82, 2.24) is 0 Å². The summed E-state index contributed by atoms with van der Waals surface area (Å²) < 4.78 is 68.7. The van der Waals surface area contributed by atoms with Crippen LogP contribution in [0.1, 0.15) is 427 Å². The van der Waals surface area contributed by atoms with Crippen LogP contribution >= 0.6 is 15.6 Å². The summed E-state index contributed by atoms with van der Waals surface area (Å²) >= 11 is 0. The molecule has 100 heavy (non-hydrogen) atoms. The SMILES string of the molecule is CCCCCCCCCCCCCCCCCCCCC(=O)OC[C@H](COP(=O)(O)OC[C@@H](O)COP(=O)(O)OC[C@@H](COC(=O)CCCCCCCCCCCCCC)OC(=O)CCCCCCCCCCCC(C)C)OC(=O)CCCCCCCCCCCCCCCCC(C)CC. The van der Waals surface area contributed by atoms with Crippen LogP contribution in [0.5, 0.6) is 0 Å². The molecule has 0 heterocycles. The number of aliphatic hydroxyl groups is 1. The highest BCUT2D eigenvalue weighted by Crippen LogP contribution is 2.45. The molecular formula is C81H158O17P2. The smallest absolute Gasteiger partial charge is 0.462 e. The quantitative estimate of drug-likeness (QED) is 0.0222. The van der Waals surface area contributed by atoms with Crippen molar-refractivity contribution in [2.24, 2.45) is 11.8 Å². The van der Waals surface area contributed by atoms with E-state index in [-0.39, 0.29) is 25.7 Å². The zero-order valence-electron chi connectivity index (χ0n) is 65.5. The van der Waals surface area contributed by atoms with Gasteiger partial charge < -0.3 is 33.8 Å². The zero-order valence-corrected chi connectivity index (χ0v) is 67.3. The molecule has 19 heteroatoms. The lowest BCUT2D eigenvalue weighted by molar-refractivity contribution is -0.161. The fraction of sp³-hybridized carbons (Fsp3) is 0.951. The van der Waals surface area contributed by atoms with Crippen molar-refractivity contribution in [3.63, 3.8) is 0 Å². The minimum Gasteiger partial charge on any atom is -0.462 e. The number of phosphoric acid groups is 2. The van der Waals surface area contributed by atoms with E-state index in [1.807, 2.05) is 0 Å². The van der Waals surface area contributed by atoms with Gasteiger partial charge >= 0.3 is 39.5 Å². The second kappa shape index (κ2) is 72.6. The second-order valence-corrected chi connectivity index (χ2v) is 32.8. The van der Waals surface area contributed by atoms with Gasteiger partial charge in [0.2, 0.25) is 0 Å². The highest BCUT2D eigenvalue weighted by atomic mass is 31.2. The van der Waals surface area contributed by atoms with Gasteiger partial charge in [-0.05, 0) is 37.5 Å². The first kappa shape index (κ1) is 98.1. The van der Waals surface area contributed by atoms with Gasteiger partial charge in [-0.1, -0.05) is 375 Å². The van der Waals surface area contributed by atoms with Crippen LogP contribution in [0.3, 0.4) is 0 Å². The van der Waals surface area contributed by atoms with Gasteiger partial charge in [0.05, 0.1) is 26.4 Å². The van der Waals surface area contributed by atoms with Crippen molar-refractivity contribution < 1.29 is 80.2 Å². The van der Waals surface area contributed by atoms with E-state index in [0.29, 0.717) is 25.7 Å². The first-order valence-corrected chi connectivity index (χ1v) is 45.0. The molecule has 0 aromatic rings. The highest BCUT2D eigenvalue weighted by Gasteiger charge is 2.30. The van der Waals surface area contributed by atoms with E-state index >= 15 is 0 Å². The molecule has 0 spiro atoms. The number of aliphatic hydroxyl groups excluding tert-OH is 1. The van der Waals surface area contributed by atoms with Gasteiger partial charge in [-0.25, -0.2) is 9.13 Å². The molecule has 594 valence electrons. The monoisotopic (exact) mass is 1470 g/mol. The van der Waals surface area contributed by atoms with E-state index in [1.165, 1.54) is 244 Å². The third-order valence-corrected chi connectivity index (χ3v) is 21.2. The van der Waals surface area contributed by atoms with Gasteiger partial charge in [0.1, 0.15) is 19.3 Å². The van der Waals surface area contributed by atoms with Crippen LogP contribution in [-0.4, -0.2) is 96.7 Å². The van der Waals surface area contributed by atoms with Gasteiger partial charge in [-0.15, -0.1) is 0 Å². The standard InChI is InChI=1S/C81H158O17P2/c1-7-10-12-14-16-18-20-22-23-24-25-26-30-34-40-46-52-58-64-79(84)92-69-76(97-80(85)65-59-53-47-41-35-31-28-27-29-32-38-44-50-56-62-74(6)9-3)71-95-99(87,88)93-67-75(82)68-94-100(89,90)96-72-77(98-81(86)66-60-54-48-42-36-37-43-49-55-61-73(4)5)70-91-78(83)63-57-51-45-39-33-21-19-17-15-13-11-8-2/h73-77,82H,7-72H2,1-6H3,(H,87,88)(H,89,90)/t74?,75-,76-,77-/m1/s1. The predicted octanol–water partition coefficient (Wildman–Crippen LogP) is 24.3. The fourth-order valence-corrected chi connectivity index (χ4v) is 14.1. The first-order valence-electron chi connectivity index (χ1n) is 42.0. The molecule has 0 radical (unpaired) electrons. The number of carbonyl (C=O) groups is 4. The van der Waals surface area contributed by atoms with E-state index in [9.17, 15) is 43.2 Å². The summed E-state index contributed by atoms with van der Waals surface area (Å²) in [6.07, 6.45) is 62.3. The van der Waals surface area contributed by atoms with Crippen molar-refractivity contribution >= 4 is 39.5 Å². The average molecular weight is 1470 g/mol. The number of unbranched alkanes of at least 4 members (excludes halogenated alkanes) is 49. The first-order chi connectivity index (χ1) is 48.4. The number of carbonyl (C=O) groups excluding carboxylic acids is 4. The Morgan fingerprint density at radius 2 is 0.510 bits per heavy atom. The maximum absolute atomic E-state index is 13.1. The number of phosphoric ester groups is 2. The topological polar surface area (TPSA) is 237 Å². The molecule has 0 fully saturated rings. The normalized spacial score (nSPS) is 14.2. The Hall–Kier alpha value is -1.94. The molecular weight excluding hydrogens is 1310 g/mol. The van der Waals surface area contributed by atoms with Gasteiger partial charge in [0.25, 0.3) is 0 Å². The van der Waals surface area contributed by atoms with Crippen molar-refractivity contribution in [1.29, 1.82) is 0 Å². The largest absolute Gasteiger partial charge is 0.472 e. The molecule has 3 N–H and O–H groups in total. The van der Waals surface area contributed by atoms with Gasteiger partial charge in [0.15, 0.2) is 12.2 Å². The Morgan fingerprint density at radius 3 is 0.760 bits per heavy atom. The average Bonchev–Trinajstić information content (AvgIpc) is 0.928. The van der Waals surface area contributed by atoms with Gasteiger partial charge in [-0.3, -0.25) is 37.3 Å². The third-order valence-electron chi connectivity index (χ3n) is 19.3. The summed E-state index contributed by atoms with van der Waals surface area (Å²) in [7, 11) is -9.92. The van der Waals surface area contributed by atoms with E-state index in [4.69, 9.17) is 37.0 Å². The fourth-order valence-electron chi connectivity index (χ4n) is 12.5. The Morgan fingerprint density at radius 1 is 0.290 bits per heavy atom. The molecule has 0 aromatic carbocycles. The van der Waals surface area contributed by atoms with Crippen LogP contribution in [0.4, 0.5) is 0 Å². The van der Waals surface area contributed by atoms with Crippen molar-refractivity contribution in [2.75, 3.05) is 39.6 Å². The summed E-state index contributed by atoms with van der Waals surface area (Å²) in [6.45, 7) is 9.67. The summed E-state index contributed by atoms with van der Waals surface area (Å²) in [4.78, 5) is 73.0. The Balaban J connectivity index is 5.25. The van der Waals surface area contributed by atoms with E-state index < -0.39 is 97.5 Å². The minimum atomic E-state index is -4.96. The van der Waals surface area contributed by atoms with E-state index in [0.717, 1.165) is 102 Å². The summed E-state index contributed by atoms with van der Waals surface area (Å²) in [5.74, 6) is -0.525. The summed E-state index contributed by atoms with van der Waals surface area (Å²) in [5.41, 5.74) is 0. The Bertz CT molecular complexity index is 1930. The molecule has 0 bridgehead atoms. The maximum atomic E-state index is 13.1. The van der Waals surface area contributed by atoms with Gasteiger partial charge in [-0.2, -0.15) is 0 Å². The number of hydrogen-bond donors (Lipinski definition) is 3. The van der Waals surface area contributed by atoms with E-state index in [1.54, 1.807) is 0 Å². The molecule has 0 rings (SSSR count). The van der Waals surface area contributed by atoms with Crippen LogP contribution in [0.15, 0.2) is 0 Å². The van der Waals surface area contributed by atoms with Crippen LogP contribution in [-0.2, 0) is 65.4 Å². The maximum Gasteiger partial charge on any atom is 0.472 e. The van der Waals surface area contributed by atoms with Crippen LogP contribution in [0.25, 0.3) is 0 Å². The Labute approximate surface area is 613 Å². The number of ether oxygens (including phenoxy) is 4. The van der Waals surface area contributed by atoms with Gasteiger partial charge in [0, 0.05) is 25.7 Å². The lowest BCUT2D eigenvalue weighted by Gasteiger charge is -2.21. The van der Waals surface area contributed by atoms with E-state index in [2.05, 4.69) is 41.5 Å². The van der Waals surface area contributed by atoms with Crippen LogP contribution in [0, 0.1) is 11.8 Å². The molecule has 0 aliphatic carbocycles. The second-order valence-electron chi connectivity index (χ2n) is 29.9. The number of rotatable bonds is 80. The summed E-state index contributed by atoms with van der Waals surface area (Å²) in [5, 5.41) is 10.6. The Kier molecular flexibility index (Phi) is 71.2. The summed E-state index contributed by atoms with van der Waals surface area (Å²) in [6, 6.07) is 0. The van der Waals surface area contributed by atoms with Crippen LogP contribution < -0.4 is 0 Å². The molecule has 3 unspecified atom stereocenters. The molecule has 6 atom stereocenters. The molecule has 0 aliphatic heterocycles. The predicted molar refractivity (Wildman–Crippen MR) is 409 cm³/mol. The van der Waals surface area contributed by atoms with Crippen molar-refractivity contribution in [3.8, 4) is 0 Å². The molecule has 17 nitrogen and oxygen atoms in total. The van der Waals surface area contributed by atoms with Crippen LogP contribution in [0.2, 0.25) is 0 Å². The zero-order chi connectivity index (χ0) is 73.5. The minimum absolute atomic E-state index is 0.106. The molecule has 0 aliphatic rings.